The topological polar surface area (TPSA) is 53.5 Å². The van der Waals surface area contributed by atoms with E-state index in [4.69, 9.17) is 23.2 Å². The van der Waals surface area contributed by atoms with Crippen molar-refractivity contribution >= 4 is 40.5 Å². The van der Waals surface area contributed by atoms with Crippen molar-refractivity contribution in [2.75, 3.05) is 5.32 Å². The van der Waals surface area contributed by atoms with Gasteiger partial charge in [0.2, 0.25) is 5.91 Å². The van der Waals surface area contributed by atoms with Gasteiger partial charge < -0.3 is 5.32 Å². The van der Waals surface area contributed by atoms with E-state index in [1.165, 1.54) is 0 Å². The van der Waals surface area contributed by atoms with Gasteiger partial charge in [-0.1, -0.05) is 65.7 Å². The van der Waals surface area contributed by atoms with Gasteiger partial charge in [0.05, 0.1) is 11.1 Å². The van der Waals surface area contributed by atoms with Gasteiger partial charge in [-0.25, -0.2) is 0 Å². The molecule has 1 amide bonds. The van der Waals surface area contributed by atoms with E-state index >= 15 is 0 Å². The summed E-state index contributed by atoms with van der Waals surface area (Å²) in [6, 6.07) is 23.8. The third-order valence-corrected chi connectivity index (χ3v) is 5.74. The molecule has 3 aromatic carbocycles. The largest absolute Gasteiger partial charge is 0.324 e. The molecule has 2 atom stereocenters. The molecular formula is C23H19Cl2N3O. The fourth-order valence-electron chi connectivity index (χ4n) is 3.64. The molecule has 1 aliphatic rings. The minimum Gasteiger partial charge on any atom is -0.324 e. The van der Waals surface area contributed by atoms with Crippen molar-refractivity contribution in [3.05, 3.63) is 100 Å². The Kier molecular flexibility index (Phi) is 5.31. The van der Waals surface area contributed by atoms with Gasteiger partial charge in [-0.05, 0) is 54.4 Å². The van der Waals surface area contributed by atoms with Crippen LogP contribution in [-0.4, -0.2) is 17.7 Å². The lowest BCUT2D eigenvalue weighted by molar-refractivity contribution is -0.118. The Hall–Kier alpha value is -2.82. The summed E-state index contributed by atoms with van der Waals surface area (Å²) in [6.07, 6.45) is 0. The molecule has 0 aromatic heterocycles. The molecule has 0 radical (unpaired) electrons. The Balaban J connectivity index is 1.71. The van der Waals surface area contributed by atoms with Crippen LogP contribution >= 0.6 is 23.2 Å². The first-order valence-electron chi connectivity index (χ1n) is 9.20. The zero-order valence-electron chi connectivity index (χ0n) is 15.7. The zero-order valence-corrected chi connectivity index (χ0v) is 17.2. The predicted octanol–water partition coefficient (Wildman–Crippen LogP) is 5.27. The van der Waals surface area contributed by atoms with Crippen LogP contribution in [0.3, 0.4) is 0 Å². The van der Waals surface area contributed by atoms with E-state index in [9.17, 15) is 4.79 Å². The van der Waals surface area contributed by atoms with E-state index in [0.29, 0.717) is 15.7 Å². The molecule has 1 heterocycles. The Morgan fingerprint density at radius 2 is 1.52 bits per heavy atom. The fraction of sp³-hybridized carbons (Fsp3) is 0.130. The van der Waals surface area contributed by atoms with Gasteiger partial charge in [-0.2, -0.15) is 5.10 Å². The summed E-state index contributed by atoms with van der Waals surface area (Å²) in [5, 5.41) is 8.79. The summed E-state index contributed by atoms with van der Waals surface area (Å²) in [5.41, 5.74) is 5.76. The van der Waals surface area contributed by atoms with E-state index < -0.39 is 11.5 Å². The van der Waals surface area contributed by atoms with Crippen LogP contribution in [0, 0.1) is 0 Å². The molecule has 146 valence electrons. The highest BCUT2D eigenvalue weighted by molar-refractivity contribution is 6.31. The molecule has 0 bridgehead atoms. The number of amides is 1. The van der Waals surface area contributed by atoms with E-state index in [0.717, 1.165) is 16.8 Å². The average molecular weight is 424 g/mol. The van der Waals surface area contributed by atoms with Gasteiger partial charge in [0.25, 0.3) is 0 Å². The van der Waals surface area contributed by atoms with Crippen LogP contribution in [0.4, 0.5) is 5.69 Å². The SMILES string of the molecule is CC1(c2ccccc2)C(c2ccc(Cl)cc2)=NNC1C(=O)Nc1ccc(Cl)cc1. The number of hydrazone groups is 1. The van der Waals surface area contributed by atoms with Gasteiger partial charge in [0.15, 0.2) is 0 Å². The van der Waals surface area contributed by atoms with Gasteiger partial charge in [0.1, 0.15) is 6.04 Å². The first-order chi connectivity index (χ1) is 14.0. The zero-order chi connectivity index (χ0) is 20.4. The Bertz CT molecular complexity index is 1050. The lowest BCUT2D eigenvalue weighted by Gasteiger charge is -2.32. The van der Waals surface area contributed by atoms with Crippen molar-refractivity contribution < 1.29 is 4.79 Å². The minimum atomic E-state index is -0.675. The number of nitrogens with one attached hydrogen (secondary N) is 2. The van der Waals surface area contributed by atoms with Crippen molar-refractivity contribution in [2.45, 2.75) is 18.4 Å². The van der Waals surface area contributed by atoms with E-state index in [2.05, 4.69) is 15.8 Å². The molecule has 0 saturated heterocycles. The van der Waals surface area contributed by atoms with Crippen LogP contribution in [0.5, 0.6) is 0 Å². The molecule has 29 heavy (non-hydrogen) atoms. The summed E-state index contributed by atoms with van der Waals surface area (Å²) in [5.74, 6) is -0.175. The lowest BCUT2D eigenvalue weighted by Crippen LogP contribution is -2.51. The maximum absolute atomic E-state index is 13.2. The van der Waals surface area contributed by atoms with Gasteiger partial charge in [0, 0.05) is 15.7 Å². The number of carbonyl (C=O) groups is 1. The molecule has 0 aliphatic carbocycles. The standard InChI is InChI=1S/C23H19Cl2N3O/c1-23(16-5-3-2-4-6-16)20(15-7-9-17(24)10-8-15)27-28-21(23)22(29)26-19-13-11-18(25)12-14-19/h2-14,21,28H,1H3,(H,26,29). The van der Waals surface area contributed by atoms with E-state index in [1.54, 1.807) is 24.3 Å². The third kappa shape index (κ3) is 3.74. The summed E-state index contributed by atoms with van der Waals surface area (Å²) in [6.45, 7) is 2.03. The van der Waals surface area contributed by atoms with Crippen LogP contribution in [0.15, 0.2) is 84.0 Å². The Morgan fingerprint density at radius 3 is 2.14 bits per heavy atom. The maximum atomic E-state index is 13.2. The predicted molar refractivity (Wildman–Crippen MR) is 119 cm³/mol. The summed E-state index contributed by atoms with van der Waals surface area (Å²) >= 11 is 12.0. The Labute approximate surface area is 179 Å². The normalized spacial score (nSPS) is 20.7. The molecule has 6 heteroatoms. The average Bonchev–Trinajstić information content (AvgIpc) is 3.09. The summed E-state index contributed by atoms with van der Waals surface area (Å²) in [7, 11) is 0. The van der Waals surface area contributed by atoms with Crippen molar-refractivity contribution in [3.8, 4) is 0 Å². The number of benzene rings is 3. The molecule has 0 fully saturated rings. The highest BCUT2D eigenvalue weighted by Gasteiger charge is 2.49. The number of rotatable bonds is 4. The number of hydrogen-bond acceptors (Lipinski definition) is 3. The van der Waals surface area contributed by atoms with Crippen LogP contribution < -0.4 is 10.7 Å². The molecule has 2 unspecified atom stereocenters. The lowest BCUT2D eigenvalue weighted by atomic mass is 9.71. The fourth-order valence-corrected chi connectivity index (χ4v) is 3.89. The molecule has 1 aliphatic heterocycles. The quantitative estimate of drug-likeness (QED) is 0.600. The number of anilines is 1. The first kappa shape index (κ1) is 19.5. The number of nitrogens with zero attached hydrogens (tertiary/aromatic N) is 1. The minimum absolute atomic E-state index is 0.175. The van der Waals surface area contributed by atoms with E-state index in [1.807, 2.05) is 61.5 Å². The van der Waals surface area contributed by atoms with Gasteiger partial charge in [-0.3, -0.25) is 10.2 Å². The Morgan fingerprint density at radius 1 is 0.931 bits per heavy atom. The number of carbonyl (C=O) groups excluding carboxylic acids is 1. The van der Waals surface area contributed by atoms with Gasteiger partial charge >= 0.3 is 0 Å². The third-order valence-electron chi connectivity index (χ3n) is 5.24. The van der Waals surface area contributed by atoms with Crippen LogP contribution in [0.2, 0.25) is 10.0 Å². The molecule has 0 saturated carbocycles. The smallest absolute Gasteiger partial charge is 0.249 e. The highest BCUT2D eigenvalue weighted by atomic mass is 35.5. The molecule has 4 rings (SSSR count). The van der Waals surface area contributed by atoms with Crippen molar-refractivity contribution in [1.29, 1.82) is 0 Å². The molecule has 4 nitrogen and oxygen atoms in total. The monoisotopic (exact) mass is 423 g/mol. The summed E-state index contributed by atoms with van der Waals surface area (Å²) in [4.78, 5) is 13.2. The van der Waals surface area contributed by atoms with Crippen LogP contribution in [0.1, 0.15) is 18.1 Å². The highest BCUT2D eigenvalue weighted by Crippen LogP contribution is 2.36. The van der Waals surface area contributed by atoms with Crippen molar-refractivity contribution in [1.82, 2.24) is 5.43 Å². The second kappa shape index (κ2) is 7.90. The van der Waals surface area contributed by atoms with E-state index in [-0.39, 0.29) is 5.91 Å². The molecule has 2 N–H and O–H groups in total. The van der Waals surface area contributed by atoms with Crippen LogP contribution in [0.25, 0.3) is 0 Å². The molecule has 3 aromatic rings. The van der Waals surface area contributed by atoms with Crippen molar-refractivity contribution in [3.63, 3.8) is 0 Å². The molecular weight excluding hydrogens is 405 g/mol. The number of halogens is 2. The second-order valence-corrected chi connectivity index (χ2v) is 7.97. The maximum Gasteiger partial charge on any atom is 0.249 e. The first-order valence-corrected chi connectivity index (χ1v) is 9.95. The second-order valence-electron chi connectivity index (χ2n) is 7.09. The summed E-state index contributed by atoms with van der Waals surface area (Å²) < 4.78 is 0. The van der Waals surface area contributed by atoms with Crippen LogP contribution in [-0.2, 0) is 10.2 Å². The number of hydrogen-bond donors (Lipinski definition) is 2. The molecule has 0 spiro atoms. The van der Waals surface area contributed by atoms with Gasteiger partial charge in [-0.15, -0.1) is 0 Å². The van der Waals surface area contributed by atoms with Crippen molar-refractivity contribution in [2.24, 2.45) is 5.10 Å².